The number of imide groups is 1. The average molecular weight is 492 g/mol. The number of non-ortho nitro benzene ring substituents is 1. The SMILES string of the molecule is O=C(CN1C(=O)S/C(=C/c2cccn2Cc2ccccc2[N+](=O)[O-])C1=O)c1ccc([N+](=O)[O-])cc1. The Kier molecular flexibility index (Phi) is 6.55. The average Bonchev–Trinajstić information content (AvgIpc) is 3.38. The van der Waals surface area contributed by atoms with Crippen molar-refractivity contribution < 1.29 is 24.2 Å². The summed E-state index contributed by atoms with van der Waals surface area (Å²) < 4.78 is 1.71. The highest BCUT2D eigenvalue weighted by molar-refractivity contribution is 8.18. The van der Waals surface area contributed by atoms with Gasteiger partial charge in [0.2, 0.25) is 0 Å². The predicted molar refractivity (Wildman–Crippen MR) is 127 cm³/mol. The fourth-order valence-electron chi connectivity index (χ4n) is 3.48. The number of benzene rings is 2. The van der Waals surface area contributed by atoms with E-state index in [2.05, 4.69) is 0 Å². The smallest absolute Gasteiger partial charge is 0.293 e. The molecule has 0 saturated carbocycles. The summed E-state index contributed by atoms with van der Waals surface area (Å²) in [7, 11) is 0. The van der Waals surface area contributed by atoms with Crippen molar-refractivity contribution in [3.63, 3.8) is 0 Å². The van der Waals surface area contributed by atoms with Crippen LogP contribution in [0.2, 0.25) is 0 Å². The number of carbonyl (C=O) groups is 3. The van der Waals surface area contributed by atoms with Gasteiger partial charge >= 0.3 is 0 Å². The molecule has 0 radical (unpaired) electrons. The van der Waals surface area contributed by atoms with E-state index in [1.165, 1.54) is 36.4 Å². The Morgan fingerprint density at radius 3 is 2.34 bits per heavy atom. The minimum absolute atomic E-state index is 0.0303. The number of amides is 2. The molecule has 0 bridgehead atoms. The lowest BCUT2D eigenvalue weighted by Crippen LogP contribution is -2.33. The second-order valence-corrected chi connectivity index (χ2v) is 8.43. The lowest BCUT2D eigenvalue weighted by Gasteiger charge is -2.11. The predicted octanol–water partition coefficient (Wildman–Crippen LogP) is 4.27. The number of nitrogens with zero attached hydrogens (tertiary/aromatic N) is 4. The van der Waals surface area contributed by atoms with Gasteiger partial charge in [-0.2, -0.15) is 0 Å². The maximum Gasteiger partial charge on any atom is 0.293 e. The lowest BCUT2D eigenvalue weighted by atomic mass is 10.1. The quantitative estimate of drug-likeness (QED) is 0.196. The lowest BCUT2D eigenvalue weighted by molar-refractivity contribution is -0.385. The van der Waals surface area contributed by atoms with Crippen molar-refractivity contribution in [3.05, 3.63) is 109 Å². The first kappa shape index (κ1) is 23.6. The molecule has 11 nitrogen and oxygen atoms in total. The third kappa shape index (κ3) is 5.01. The number of nitro groups is 2. The van der Waals surface area contributed by atoms with Gasteiger partial charge in [0.25, 0.3) is 22.5 Å². The summed E-state index contributed by atoms with van der Waals surface area (Å²) in [6.07, 6.45) is 3.20. The first-order valence-corrected chi connectivity index (χ1v) is 11.0. The molecule has 0 aliphatic carbocycles. The number of Topliss-reactive ketones (excluding diaryl/α,β-unsaturated/α-hetero) is 1. The van der Waals surface area contributed by atoms with Gasteiger partial charge in [-0.1, -0.05) is 18.2 Å². The number of aromatic nitrogens is 1. The molecule has 2 aromatic carbocycles. The monoisotopic (exact) mass is 492 g/mol. The van der Waals surface area contributed by atoms with E-state index in [9.17, 15) is 34.6 Å². The highest BCUT2D eigenvalue weighted by Gasteiger charge is 2.36. The van der Waals surface area contributed by atoms with Crippen LogP contribution in [0.25, 0.3) is 6.08 Å². The standard InChI is InChI=1S/C23H16N4O7S/c28-20(15-7-9-17(10-8-15)26(31)32)14-25-22(29)21(35-23(25)30)12-18-5-3-11-24(18)13-16-4-1-2-6-19(16)27(33)34/h1-12H,13-14H2/b21-12+. The Morgan fingerprint density at radius 1 is 0.943 bits per heavy atom. The molecule has 0 spiro atoms. The van der Waals surface area contributed by atoms with Gasteiger partial charge in [-0.3, -0.25) is 39.5 Å². The van der Waals surface area contributed by atoms with Gasteiger partial charge in [0.1, 0.15) is 0 Å². The fourth-order valence-corrected chi connectivity index (χ4v) is 4.31. The third-order valence-corrected chi connectivity index (χ3v) is 6.16. The van der Waals surface area contributed by atoms with Crippen molar-refractivity contribution in [1.82, 2.24) is 9.47 Å². The van der Waals surface area contributed by atoms with Gasteiger partial charge in [0.15, 0.2) is 5.78 Å². The Bertz CT molecular complexity index is 1390. The number of ketones is 1. The summed E-state index contributed by atoms with van der Waals surface area (Å²) in [5, 5.41) is 21.5. The van der Waals surface area contributed by atoms with Crippen LogP contribution in [0, 0.1) is 20.2 Å². The number of rotatable bonds is 8. The van der Waals surface area contributed by atoms with E-state index in [-0.39, 0.29) is 28.4 Å². The van der Waals surface area contributed by atoms with E-state index in [1.54, 1.807) is 41.1 Å². The molecule has 1 aromatic heterocycles. The summed E-state index contributed by atoms with van der Waals surface area (Å²) in [5.41, 5.74) is 0.953. The van der Waals surface area contributed by atoms with Gasteiger partial charge < -0.3 is 4.57 Å². The van der Waals surface area contributed by atoms with E-state index >= 15 is 0 Å². The molecule has 1 aliphatic rings. The number of hydrogen-bond donors (Lipinski definition) is 0. The molecule has 2 heterocycles. The van der Waals surface area contributed by atoms with E-state index in [0.29, 0.717) is 23.0 Å². The van der Waals surface area contributed by atoms with Crippen molar-refractivity contribution in [2.75, 3.05) is 6.54 Å². The van der Waals surface area contributed by atoms with Crippen molar-refractivity contribution >= 4 is 46.1 Å². The van der Waals surface area contributed by atoms with E-state index < -0.39 is 33.3 Å². The summed E-state index contributed by atoms with van der Waals surface area (Å²) in [5.74, 6) is -1.18. The van der Waals surface area contributed by atoms with Crippen molar-refractivity contribution in [3.8, 4) is 0 Å². The summed E-state index contributed by atoms with van der Waals surface area (Å²) in [6.45, 7) is -0.324. The molecule has 0 atom stereocenters. The number of para-hydroxylation sites is 1. The van der Waals surface area contributed by atoms with Crippen LogP contribution in [0.3, 0.4) is 0 Å². The number of nitro benzene ring substituents is 2. The summed E-state index contributed by atoms with van der Waals surface area (Å²) in [4.78, 5) is 59.7. The summed E-state index contributed by atoms with van der Waals surface area (Å²) >= 11 is 0.682. The molecule has 176 valence electrons. The number of thioether (sulfide) groups is 1. The Morgan fingerprint density at radius 2 is 1.66 bits per heavy atom. The highest BCUT2D eigenvalue weighted by Crippen LogP contribution is 2.33. The van der Waals surface area contributed by atoms with Crippen molar-refractivity contribution in [1.29, 1.82) is 0 Å². The zero-order valence-electron chi connectivity index (χ0n) is 17.9. The van der Waals surface area contributed by atoms with Crippen LogP contribution in [0.5, 0.6) is 0 Å². The molecule has 1 aliphatic heterocycles. The first-order valence-electron chi connectivity index (χ1n) is 10.1. The molecular formula is C23H16N4O7S. The minimum atomic E-state index is -0.645. The van der Waals surface area contributed by atoms with E-state index in [1.807, 2.05) is 0 Å². The fraction of sp³-hybridized carbons (Fsp3) is 0.0870. The topological polar surface area (TPSA) is 146 Å². The third-order valence-electron chi connectivity index (χ3n) is 5.25. The van der Waals surface area contributed by atoms with Gasteiger partial charge in [-0.05, 0) is 42.1 Å². The molecule has 4 rings (SSSR count). The highest BCUT2D eigenvalue weighted by atomic mass is 32.2. The van der Waals surface area contributed by atoms with Crippen LogP contribution < -0.4 is 0 Å². The van der Waals surface area contributed by atoms with E-state index in [0.717, 1.165) is 4.90 Å². The molecule has 2 amide bonds. The first-order chi connectivity index (χ1) is 16.7. The molecular weight excluding hydrogens is 476 g/mol. The largest absolute Gasteiger partial charge is 0.343 e. The minimum Gasteiger partial charge on any atom is -0.343 e. The van der Waals surface area contributed by atoms with Gasteiger partial charge in [0.05, 0.1) is 27.8 Å². The normalized spacial score (nSPS) is 14.5. The molecule has 0 unspecified atom stereocenters. The second kappa shape index (κ2) is 9.73. The zero-order chi connectivity index (χ0) is 25.1. The Balaban J connectivity index is 1.51. The van der Waals surface area contributed by atoms with E-state index in [4.69, 9.17) is 0 Å². The van der Waals surface area contributed by atoms with Crippen LogP contribution in [0.4, 0.5) is 16.2 Å². The molecule has 12 heteroatoms. The van der Waals surface area contributed by atoms with Crippen molar-refractivity contribution in [2.24, 2.45) is 0 Å². The molecule has 1 fully saturated rings. The van der Waals surface area contributed by atoms with Crippen LogP contribution in [-0.2, 0) is 11.3 Å². The van der Waals surface area contributed by atoms with Crippen LogP contribution in [0.1, 0.15) is 21.6 Å². The van der Waals surface area contributed by atoms with Gasteiger partial charge in [0, 0.05) is 41.2 Å². The van der Waals surface area contributed by atoms with Crippen LogP contribution in [0.15, 0.2) is 71.8 Å². The molecule has 35 heavy (non-hydrogen) atoms. The maximum atomic E-state index is 12.8. The number of hydrogen-bond acceptors (Lipinski definition) is 8. The summed E-state index contributed by atoms with van der Waals surface area (Å²) in [6, 6.07) is 14.6. The molecule has 0 N–H and O–H groups in total. The second-order valence-electron chi connectivity index (χ2n) is 7.44. The van der Waals surface area contributed by atoms with Crippen LogP contribution >= 0.6 is 11.8 Å². The Labute approximate surface area is 201 Å². The maximum absolute atomic E-state index is 12.8. The zero-order valence-corrected chi connectivity index (χ0v) is 18.7. The van der Waals surface area contributed by atoms with Gasteiger partial charge in [-0.15, -0.1) is 0 Å². The van der Waals surface area contributed by atoms with Crippen molar-refractivity contribution in [2.45, 2.75) is 6.54 Å². The van der Waals surface area contributed by atoms with Crippen LogP contribution in [-0.4, -0.2) is 42.8 Å². The van der Waals surface area contributed by atoms with Gasteiger partial charge in [-0.25, -0.2) is 0 Å². The number of carbonyl (C=O) groups excluding carboxylic acids is 3. The molecule has 3 aromatic rings. The Hall–Kier alpha value is -4.58. The molecule has 1 saturated heterocycles.